The van der Waals surface area contributed by atoms with Crippen LogP contribution in [0.5, 0.6) is 5.75 Å². The van der Waals surface area contributed by atoms with E-state index in [4.69, 9.17) is 4.74 Å². The summed E-state index contributed by atoms with van der Waals surface area (Å²) in [6.07, 6.45) is 0. The fourth-order valence-electron chi connectivity index (χ4n) is 1.73. The van der Waals surface area contributed by atoms with Gasteiger partial charge in [0.25, 0.3) is 5.91 Å². The van der Waals surface area contributed by atoms with Crippen molar-refractivity contribution < 1.29 is 14.3 Å². The number of hydrogen-bond acceptors (Lipinski definition) is 3. The Labute approximate surface area is 113 Å². The standard InChI is InChI=1S/C14H20N2O3/c1-9-6-5-7-10(2)13(9)19-8-12(17)16-11(3)14(18)15-4/h5-7,11H,8H2,1-4H3,(H,15,18)(H,16,17). The van der Waals surface area contributed by atoms with Crippen molar-refractivity contribution in [3.63, 3.8) is 0 Å². The first-order valence-corrected chi connectivity index (χ1v) is 6.15. The fraction of sp³-hybridized carbons (Fsp3) is 0.429. The monoisotopic (exact) mass is 264 g/mol. The normalized spacial score (nSPS) is 11.6. The zero-order valence-corrected chi connectivity index (χ0v) is 11.7. The maximum atomic E-state index is 11.7. The zero-order valence-electron chi connectivity index (χ0n) is 11.7. The minimum Gasteiger partial charge on any atom is -0.483 e. The van der Waals surface area contributed by atoms with Gasteiger partial charge in [-0.1, -0.05) is 18.2 Å². The third-order valence-electron chi connectivity index (χ3n) is 2.77. The first-order valence-electron chi connectivity index (χ1n) is 6.15. The molecule has 0 bridgehead atoms. The largest absolute Gasteiger partial charge is 0.483 e. The Hall–Kier alpha value is -2.04. The smallest absolute Gasteiger partial charge is 0.258 e. The van der Waals surface area contributed by atoms with Gasteiger partial charge in [-0.05, 0) is 31.9 Å². The number of amides is 2. The molecule has 0 aliphatic carbocycles. The number of ether oxygens (including phenoxy) is 1. The van der Waals surface area contributed by atoms with Gasteiger partial charge < -0.3 is 15.4 Å². The molecule has 0 aliphatic rings. The second-order valence-electron chi connectivity index (χ2n) is 4.41. The van der Waals surface area contributed by atoms with Crippen molar-refractivity contribution in [1.82, 2.24) is 10.6 Å². The molecule has 0 fully saturated rings. The highest BCUT2D eigenvalue weighted by Crippen LogP contribution is 2.21. The first-order chi connectivity index (χ1) is 8.95. The maximum Gasteiger partial charge on any atom is 0.258 e. The summed E-state index contributed by atoms with van der Waals surface area (Å²) in [4.78, 5) is 22.9. The SMILES string of the molecule is CNC(=O)C(C)NC(=O)COc1c(C)cccc1C. The van der Waals surface area contributed by atoms with Crippen molar-refractivity contribution in [2.45, 2.75) is 26.8 Å². The Morgan fingerprint density at radius 1 is 1.26 bits per heavy atom. The van der Waals surface area contributed by atoms with Gasteiger partial charge in [0, 0.05) is 7.05 Å². The average Bonchev–Trinajstić information content (AvgIpc) is 2.37. The molecule has 0 saturated heterocycles. The lowest BCUT2D eigenvalue weighted by molar-refractivity contribution is -0.129. The second kappa shape index (κ2) is 6.78. The quantitative estimate of drug-likeness (QED) is 0.831. The molecule has 1 unspecified atom stereocenters. The van der Waals surface area contributed by atoms with Crippen LogP contribution in [0.4, 0.5) is 0 Å². The lowest BCUT2D eigenvalue weighted by Gasteiger charge is -2.14. The number of aryl methyl sites for hydroxylation is 2. The van der Waals surface area contributed by atoms with Gasteiger partial charge in [-0.25, -0.2) is 0 Å². The summed E-state index contributed by atoms with van der Waals surface area (Å²) < 4.78 is 5.50. The molecule has 104 valence electrons. The summed E-state index contributed by atoms with van der Waals surface area (Å²) in [5.74, 6) is 0.157. The van der Waals surface area contributed by atoms with Gasteiger partial charge >= 0.3 is 0 Å². The van der Waals surface area contributed by atoms with E-state index in [1.165, 1.54) is 7.05 Å². The van der Waals surface area contributed by atoms with Gasteiger partial charge in [-0.3, -0.25) is 9.59 Å². The summed E-state index contributed by atoms with van der Waals surface area (Å²) in [7, 11) is 1.53. The van der Waals surface area contributed by atoms with Crippen molar-refractivity contribution in [3.05, 3.63) is 29.3 Å². The predicted octanol–water partition coefficient (Wildman–Crippen LogP) is 0.933. The lowest BCUT2D eigenvalue weighted by atomic mass is 10.1. The van der Waals surface area contributed by atoms with E-state index < -0.39 is 6.04 Å². The molecule has 5 nitrogen and oxygen atoms in total. The Morgan fingerprint density at radius 2 is 1.84 bits per heavy atom. The lowest BCUT2D eigenvalue weighted by Crippen LogP contribution is -2.45. The summed E-state index contributed by atoms with van der Waals surface area (Å²) in [6.45, 7) is 5.36. The molecule has 0 heterocycles. The van der Waals surface area contributed by atoms with Gasteiger partial charge in [0.05, 0.1) is 0 Å². The number of hydrogen-bond donors (Lipinski definition) is 2. The van der Waals surface area contributed by atoms with Crippen LogP contribution < -0.4 is 15.4 Å². The highest BCUT2D eigenvalue weighted by Gasteiger charge is 2.14. The maximum absolute atomic E-state index is 11.7. The van der Waals surface area contributed by atoms with E-state index in [9.17, 15) is 9.59 Å². The van der Waals surface area contributed by atoms with Crippen molar-refractivity contribution in [3.8, 4) is 5.75 Å². The third kappa shape index (κ3) is 4.28. The van der Waals surface area contributed by atoms with Gasteiger partial charge in [-0.15, -0.1) is 0 Å². The van der Waals surface area contributed by atoms with E-state index >= 15 is 0 Å². The molecule has 0 radical (unpaired) electrons. The van der Waals surface area contributed by atoms with Crippen LogP contribution in [0.2, 0.25) is 0 Å². The van der Waals surface area contributed by atoms with Crippen LogP contribution in [0, 0.1) is 13.8 Å². The Kier molecular flexibility index (Phi) is 5.36. The molecule has 0 aromatic heterocycles. The van der Waals surface area contributed by atoms with Crippen LogP contribution >= 0.6 is 0 Å². The van der Waals surface area contributed by atoms with E-state index in [0.717, 1.165) is 11.1 Å². The molecular weight excluding hydrogens is 244 g/mol. The number of likely N-dealkylation sites (N-methyl/N-ethyl adjacent to an activating group) is 1. The van der Waals surface area contributed by atoms with Gasteiger partial charge in [-0.2, -0.15) is 0 Å². The Bertz CT molecular complexity index is 452. The van der Waals surface area contributed by atoms with E-state index in [1.807, 2.05) is 32.0 Å². The summed E-state index contributed by atoms with van der Waals surface area (Å²) in [6, 6.07) is 5.21. The third-order valence-corrected chi connectivity index (χ3v) is 2.77. The second-order valence-corrected chi connectivity index (χ2v) is 4.41. The summed E-state index contributed by atoms with van der Waals surface area (Å²) in [5, 5.41) is 5.03. The highest BCUT2D eigenvalue weighted by atomic mass is 16.5. The van der Waals surface area contributed by atoms with Crippen LogP contribution in [-0.4, -0.2) is 31.5 Å². The molecule has 0 spiro atoms. The number of benzene rings is 1. The van der Waals surface area contributed by atoms with Crippen LogP contribution in [0.1, 0.15) is 18.1 Å². The van der Waals surface area contributed by atoms with Crippen LogP contribution in [0.25, 0.3) is 0 Å². The van der Waals surface area contributed by atoms with Crippen LogP contribution in [0.15, 0.2) is 18.2 Å². The van der Waals surface area contributed by atoms with Gasteiger partial charge in [0.15, 0.2) is 6.61 Å². The zero-order chi connectivity index (χ0) is 14.4. The average molecular weight is 264 g/mol. The molecule has 19 heavy (non-hydrogen) atoms. The van der Waals surface area contributed by atoms with E-state index in [-0.39, 0.29) is 18.4 Å². The fourth-order valence-corrected chi connectivity index (χ4v) is 1.73. The van der Waals surface area contributed by atoms with E-state index in [0.29, 0.717) is 5.75 Å². The highest BCUT2D eigenvalue weighted by molar-refractivity contribution is 5.87. The number of carbonyl (C=O) groups excluding carboxylic acids is 2. The molecule has 0 saturated carbocycles. The number of para-hydroxylation sites is 1. The minimum absolute atomic E-state index is 0.104. The van der Waals surface area contributed by atoms with E-state index in [2.05, 4.69) is 10.6 Å². The molecule has 2 N–H and O–H groups in total. The Balaban J connectivity index is 2.53. The first kappa shape index (κ1) is 15.0. The van der Waals surface area contributed by atoms with Crippen molar-refractivity contribution in [2.75, 3.05) is 13.7 Å². The molecular formula is C14H20N2O3. The minimum atomic E-state index is -0.570. The Morgan fingerprint density at radius 3 is 2.37 bits per heavy atom. The van der Waals surface area contributed by atoms with Crippen molar-refractivity contribution in [2.24, 2.45) is 0 Å². The molecule has 0 aliphatic heterocycles. The number of nitrogens with one attached hydrogen (secondary N) is 2. The van der Waals surface area contributed by atoms with Gasteiger partial charge in [0.2, 0.25) is 5.91 Å². The predicted molar refractivity (Wildman–Crippen MR) is 73.1 cm³/mol. The topological polar surface area (TPSA) is 67.4 Å². The van der Waals surface area contributed by atoms with Crippen molar-refractivity contribution >= 4 is 11.8 Å². The molecule has 2 amide bonds. The molecule has 1 aromatic rings. The number of carbonyl (C=O) groups is 2. The molecule has 1 atom stereocenters. The van der Waals surface area contributed by atoms with Crippen molar-refractivity contribution in [1.29, 1.82) is 0 Å². The molecule has 1 rings (SSSR count). The van der Waals surface area contributed by atoms with E-state index in [1.54, 1.807) is 6.92 Å². The van der Waals surface area contributed by atoms with Crippen LogP contribution in [-0.2, 0) is 9.59 Å². The van der Waals surface area contributed by atoms with Crippen LogP contribution in [0.3, 0.4) is 0 Å². The molecule has 1 aromatic carbocycles. The number of rotatable bonds is 5. The van der Waals surface area contributed by atoms with Gasteiger partial charge in [0.1, 0.15) is 11.8 Å². The summed E-state index contributed by atoms with van der Waals surface area (Å²) >= 11 is 0. The summed E-state index contributed by atoms with van der Waals surface area (Å²) in [5.41, 5.74) is 1.96. The molecule has 5 heteroatoms.